The SMILES string of the molecule is COc1ccc(OCC(C)NC(=O)CN(c2ccc(Cl)c(C(F)(F)F)c2)S(=O)(=O)c2ccc(C)cc2)cc1. The number of methoxy groups -OCH3 is 1. The van der Waals surface area contributed by atoms with Crippen molar-refractivity contribution in [3.05, 3.63) is 82.9 Å². The van der Waals surface area contributed by atoms with Gasteiger partial charge in [0.1, 0.15) is 24.7 Å². The Labute approximate surface area is 224 Å². The molecule has 7 nitrogen and oxygen atoms in total. The number of anilines is 1. The summed E-state index contributed by atoms with van der Waals surface area (Å²) in [5.41, 5.74) is -0.799. The number of nitrogens with zero attached hydrogens (tertiary/aromatic N) is 1. The number of alkyl halides is 3. The molecular weight excluding hydrogens is 545 g/mol. The van der Waals surface area contributed by atoms with E-state index in [0.717, 1.165) is 17.7 Å². The van der Waals surface area contributed by atoms with E-state index in [9.17, 15) is 26.4 Å². The molecule has 3 aromatic carbocycles. The molecular formula is C26H26ClF3N2O5S. The van der Waals surface area contributed by atoms with Crippen molar-refractivity contribution in [1.82, 2.24) is 5.32 Å². The summed E-state index contributed by atoms with van der Waals surface area (Å²) >= 11 is 5.72. The van der Waals surface area contributed by atoms with Gasteiger partial charge in [0.15, 0.2) is 0 Å². The van der Waals surface area contributed by atoms with Crippen molar-refractivity contribution < 1.29 is 35.9 Å². The smallest absolute Gasteiger partial charge is 0.417 e. The molecule has 0 aliphatic heterocycles. The summed E-state index contributed by atoms with van der Waals surface area (Å²) < 4.78 is 78.8. The van der Waals surface area contributed by atoms with Crippen LogP contribution in [0.4, 0.5) is 18.9 Å². The third kappa shape index (κ3) is 7.32. The maximum absolute atomic E-state index is 13.5. The molecule has 0 heterocycles. The van der Waals surface area contributed by atoms with Crippen LogP contribution in [0, 0.1) is 6.92 Å². The fourth-order valence-corrected chi connectivity index (χ4v) is 5.06. The Balaban J connectivity index is 1.83. The second kappa shape index (κ2) is 12.0. The van der Waals surface area contributed by atoms with Crippen molar-refractivity contribution in [3.63, 3.8) is 0 Å². The standard InChI is InChI=1S/C26H26ClF3N2O5S/c1-17-4-11-22(12-5-17)38(34,35)32(19-6-13-24(27)23(14-19)26(28,29)30)15-25(33)31-18(2)16-37-21-9-7-20(36-3)8-10-21/h4-14,18H,15-16H2,1-3H3,(H,31,33). The van der Waals surface area contributed by atoms with Gasteiger partial charge in [-0.25, -0.2) is 8.42 Å². The highest BCUT2D eigenvalue weighted by molar-refractivity contribution is 7.92. The van der Waals surface area contributed by atoms with Gasteiger partial charge in [-0.1, -0.05) is 29.3 Å². The highest BCUT2D eigenvalue weighted by atomic mass is 35.5. The van der Waals surface area contributed by atoms with E-state index in [2.05, 4.69) is 5.32 Å². The van der Waals surface area contributed by atoms with Gasteiger partial charge in [-0.15, -0.1) is 0 Å². The normalized spacial score (nSPS) is 12.5. The number of hydrogen-bond donors (Lipinski definition) is 1. The maximum Gasteiger partial charge on any atom is 0.417 e. The first-order valence-corrected chi connectivity index (χ1v) is 13.2. The molecule has 0 radical (unpaired) electrons. The van der Waals surface area contributed by atoms with E-state index in [-0.39, 0.29) is 17.2 Å². The lowest BCUT2D eigenvalue weighted by molar-refractivity contribution is -0.137. The number of aryl methyl sites for hydroxylation is 1. The molecule has 0 spiro atoms. The molecule has 12 heteroatoms. The molecule has 0 bridgehead atoms. The monoisotopic (exact) mass is 570 g/mol. The third-order valence-corrected chi connectivity index (χ3v) is 7.52. The summed E-state index contributed by atoms with van der Waals surface area (Å²) in [6.07, 6.45) is -4.83. The third-order valence-electron chi connectivity index (χ3n) is 5.41. The van der Waals surface area contributed by atoms with Crippen LogP contribution in [0.3, 0.4) is 0 Å². The molecule has 3 aromatic rings. The molecule has 1 amide bonds. The molecule has 1 atom stereocenters. The average Bonchev–Trinajstić information content (AvgIpc) is 2.86. The number of ether oxygens (including phenoxy) is 2. The van der Waals surface area contributed by atoms with Crippen LogP contribution in [0.15, 0.2) is 71.6 Å². The highest BCUT2D eigenvalue weighted by Gasteiger charge is 2.35. The minimum atomic E-state index is -4.83. The summed E-state index contributed by atoms with van der Waals surface area (Å²) in [6.45, 7) is 2.68. The van der Waals surface area contributed by atoms with Crippen molar-refractivity contribution in [2.45, 2.75) is 31.0 Å². The molecule has 0 fully saturated rings. The second-order valence-corrected chi connectivity index (χ2v) is 10.7. The first-order chi connectivity index (χ1) is 17.8. The number of sulfonamides is 1. The second-order valence-electron chi connectivity index (χ2n) is 8.44. The maximum atomic E-state index is 13.5. The van der Waals surface area contributed by atoms with Crippen molar-refractivity contribution >= 4 is 33.2 Å². The zero-order valence-corrected chi connectivity index (χ0v) is 22.3. The minimum Gasteiger partial charge on any atom is -0.497 e. The molecule has 0 aromatic heterocycles. The van der Waals surface area contributed by atoms with Crippen LogP contribution in [0.2, 0.25) is 5.02 Å². The number of hydrogen-bond acceptors (Lipinski definition) is 5. The summed E-state index contributed by atoms with van der Waals surface area (Å²) in [7, 11) is -2.89. The largest absolute Gasteiger partial charge is 0.497 e. The molecule has 0 saturated heterocycles. The lowest BCUT2D eigenvalue weighted by atomic mass is 10.2. The minimum absolute atomic E-state index is 0.0575. The van der Waals surface area contributed by atoms with Crippen LogP contribution < -0.4 is 19.1 Å². The molecule has 0 aliphatic carbocycles. The summed E-state index contributed by atoms with van der Waals surface area (Å²) in [5, 5.41) is 2.02. The predicted molar refractivity (Wildman–Crippen MR) is 138 cm³/mol. The Kier molecular flexibility index (Phi) is 9.16. The summed E-state index contributed by atoms with van der Waals surface area (Å²) in [5.74, 6) is 0.427. The zero-order valence-electron chi connectivity index (χ0n) is 20.8. The fraction of sp³-hybridized carbons (Fsp3) is 0.269. The van der Waals surface area contributed by atoms with Gasteiger partial charge in [-0.05, 0) is 68.4 Å². The number of benzene rings is 3. The Morgan fingerprint density at radius 3 is 2.21 bits per heavy atom. The average molecular weight is 571 g/mol. The van der Waals surface area contributed by atoms with Gasteiger partial charge >= 0.3 is 6.18 Å². The van der Waals surface area contributed by atoms with Gasteiger partial charge < -0.3 is 14.8 Å². The van der Waals surface area contributed by atoms with Gasteiger partial charge in [0.25, 0.3) is 10.0 Å². The van der Waals surface area contributed by atoms with E-state index in [1.165, 1.54) is 19.2 Å². The van der Waals surface area contributed by atoms with Gasteiger partial charge in [-0.2, -0.15) is 13.2 Å². The van der Waals surface area contributed by atoms with E-state index in [4.69, 9.17) is 21.1 Å². The van der Waals surface area contributed by atoms with E-state index in [0.29, 0.717) is 21.9 Å². The van der Waals surface area contributed by atoms with Crippen LogP contribution in [0.1, 0.15) is 18.1 Å². The van der Waals surface area contributed by atoms with Crippen molar-refractivity contribution in [2.24, 2.45) is 0 Å². The van der Waals surface area contributed by atoms with E-state index in [1.807, 2.05) is 0 Å². The number of carbonyl (C=O) groups is 1. The first-order valence-electron chi connectivity index (χ1n) is 11.3. The van der Waals surface area contributed by atoms with Crippen molar-refractivity contribution in [3.8, 4) is 11.5 Å². The lowest BCUT2D eigenvalue weighted by Gasteiger charge is -2.26. The number of carbonyl (C=O) groups excluding carboxylic acids is 1. The van der Waals surface area contributed by atoms with Crippen LogP contribution >= 0.6 is 11.6 Å². The molecule has 3 rings (SSSR count). The van der Waals surface area contributed by atoms with Crippen molar-refractivity contribution in [1.29, 1.82) is 0 Å². The van der Waals surface area contributed by atoms with E-state index < -0.39 is 45.3 Å². The van der Waals surface area contributed by atoms with Gasteiger partial charge in [0, 0.05) is 0 Å². The molecule has 1 N–H and O–H groups in total. The number of rotatable bonds is 10. The molecule has 38 heavy (non-hydrogen) atoms. The van der Waals surface area contributed by atoms with E-state index in [1.54, 1.807) is 50.2 Å². The van der Waals surface area contributed by atoms with Gasteiger partial charge in [-0.3, -0.25) is 9.10 Å². The van der Waals surface area contributed by atoms with Crippen LogP contribution in [0.5, 0.6) is 11.5 Å². The molecule has 204 valence electrons. The quantitative estimate of drug-likeness (QED) is 0.350. The Morgan fingerprint density at radius 2 is 1.63 bits per heavy atom. The van der Waals surface area contributed by atoms with Crippen molar-refractivity contribution in [2.75, 3.05) is 24.6 Å². The number of nitrogens with one attached hydrogen (secondary N) is 1. The molecule has 0 aliphatic rings. The Hall–Kier alpha value is -3.44. The first kappa shape index (κ1) is 29.1. The Morgan fingerprint density at radius 1 is 1.03 bits per heavy atom. The number of amides is 1. The zero-order chi connectivity index (χ0) is 28.1. The van der Waals surface area contributed by atoms with Crippen LogP contribution in [-0.4, -0.2) is 40.6 Å². The molecule has 1 unspecified atom stereocenters. The predicted octanol–water partition coefficient (Wildman–Crippen LogP) is 5.45. The summed E-state index contributed by atoms with van der Waals surface area (Å²) in [4.78, 5) is 12.7. The summed E-state index contributed by atoms with van der Waals surface area (Å²) in [6, 6.07) is 14.6. The lowest BCUT2D eigenvalue weighted by Crippen LogP contribution is -2.45. The van der Waals surface area contributed by atoms with Gasteiger partial charge in [0.05, 0.1) is 34.3 Å². The fourth-order valence-electron chi connectivity index (χ4n) is 3.42. The Bertz CT molecular complexity index is 1370. The topological polar surface area (TPSA) is 84.9 Å². The van der Waals surface area contributed by atoms with Crippen LogP contribution in [0.25, 0.3) is 0 Å². The van der Waals surface area contributed by atoms with E-state index >= 15 is 0 Å². The number of halogens is 4. The van der Waals surface area contributed by atoms with Crippen LogP contribution in [-0.2, 0) is 21.0 Å². The van der Waals surface area contributed by atoms with Gasteiger partial charge in [0.2, 0.25) is 5.91 Å². The molecule has 0 saturated carbocycles. The highest BCUT2D eigenvalue weighted by Crippen LogP contribution is 2.38.